The predicted molar refractivity (Wildman–Crippen MR) is 66.1 cm³/mol. The number of hydrogen-bond donors (Lipinski definition) is 1. The largest absolute Gasteiger partial charge is 0.463 e. The van der Waals surface area contributed by atoms with Crippen molar-refractivity contribution in [2.75, 3.05) is 13.7 Å². The molecular formula is C14H19NO3. The lowest BCUT2D eigenvalue weighted by Crippen LogP contribution is -2.24. The van der Waals surface area contributed by atoms with Crippen molar-refractivity contribution in [1.29, 1.82) is 0 Å². The molecule has 4 nitrogen and oxygen atoms in total. The number of ether oxygens (including phenoxy) is 1. The minimum atomic E-state index is -0.419. The van der Waals surface area contributed by atoms with Gasteiger partial charge >= 0.3 is 5.97 Å². The second-order valence-electron chi connectivity index (χ2n) is 5.50. The number of carbonyl (C=O) groups excluding carboxylic acids is 1. The Kier molecular flexibility index (Phi) is 2.90. The third-order valence-corrected chi connectivity index (χ3v) is 4.16. The van der Waals surface area contributed by atoms with Crippen LogP contribution in [0.15, 0.2) is 16.5 Å². The van der Waals surface area contributed by atoms with E-state index in [0.717, 1.165) is 18.2 Å². The minimum absolute atomic E-state index is 0.276. The summed E-state index contributed by atoms with van der Waals surface area (Å²) in [5, 5.41) is 3.45. The molecule has 0 spiro atoms. The van der Waals surface area contributed by atoms with Crippen LogP contribution in [0, 0.1) is 11.3 Å². The number of methoxy groups -OCH3 is 1. The summed E-state index contributed by atoms with van der Waals surface area (Å²) in [6.07, 6.45) is 5.57. The fraction of sp³-hybridized carbons (Fsp3) is 0.643. The van der Waals surface area contributed by atoms with Crippen LogP contribution in [0.5, 0.6) is 0 Å². The third kappa shape index (κ3) is 2.29. The second kappa shape index (κ2) is 4.43. The van der Waals surface area contributed by atoms with Gasteiger partial charge in [0.1, 0.15) is 5.76 Å². The Morgan fingerprint density at radius 2 is 2.28 bits per heavy atom. The molecule has 0 saturated heterocycles. The highest BCUT2D eigenvalue weighted by Gasteiger charge is 2.53. The van der Waals surface area contributed by atoms with Crippen LogP contribution in [0.2, 0.25) is 0 Å². The predicted octanol–water partition coefficient (Wildman–Crippen LogP) is 2.35. The summed E-state index contributed by atoms with van der Waals surface area (Å²) in [7, 11) is 1.36. The average Bonchev–Trinajstić information content (AvgIpc) is 3.27. The van der Waals surface area contributed by atoms with E-state index in [0.29, 0.717) is 12.0 Å². The quantitative estimate of drug-likeness (QED) is 0.786. The van der Waals surface area contributed by atoms with Crippen LogP contribution < -0.4 is 5.32 Å². The van der Waals surface area contributed by atoms with Gasteiger partial charge < -0.3 is 14.5 Å². The molecule has 4 heteroatoms. The molecule has 2 aliphatic carbocycles. The second-order valence-corrected chi connectivity index (χ2v) is 5.50. The van der Waals surface area contributed by atoms with Gasteiger partial charge in [-0.25, -0.2) is 4.79 Å². The Hall–Kier alpha value is -1.29. The summed E-state index contributed by atoms with van der Waals surface area (Å²) in [4.78, 5) is 11.2. The molecule has 1 aromatic heterocycles. The first-order valence-electron chi connectivity index (χ1n) is 6.61. The van der Waals surface area contributed by atoms with Crippen molar-refractivity contribution in [2.45, 2.75) is 32.2 Å². The van der Waals surface area contributed by atoms with Crippen molar-refractivity contribution in [2.24, 2.45) is 11.3 Å². The van der Waals surface area contributed by atoms with Crippen molar-refractivity contribution in [3.8, 4) is 0 Å². The molecule has 0 radical (unpaired) electrons. The number of rotatable bonds is 6. The molecule has 0 unspecified atom stereocenters. The standard InChI is InChI=1S/C14H19NO3/c1-17-13(16)12-5-4-11(18-12)8-15-9-14(6-7-14)10-2-3-10/h4-5,10,15H,2-3,6-9H2,1H3. The molecule has 1 N–H and O–H groups in total. The van der Waals surface area contributed by atoms with Gasteiger partial charge in [-0.2, -0.15) is 0 Å². The van der Waals surface area contributed by atoms with Gasteiger partial charge in [-0.1, -0.05) is 0 Å². The Balaban J connectivity index is 1.48. The van der Waals surface area contributed by atoms with Gasteiger partial charge in [0.25, 0.3) is 0 Å². The van der Waals surface area contributed by atoms with Gasteiger partial charge in [-0.05, 0) is 49.1 Å². The van der Waals surface area contributed by atoms with Crippen molar-refractivity contribution in [3.63, 3.8) is 0 Å². The molecule has 18 heavy (non-hydrogen) atoms. The number of esters is 1. The molecule has 2 fully saturated rings. The summed E-state index contributed by atoms with van der Waals surface area (Å²) in [5.74, 6) is 1.62. The molecule has 0 aliphatic heterocycles. The van der Waals surface area contributed by atoms with Crippen LogP contribution >= 0.6 is 0 Å². The fourth-order valence-corrected chi connectivity index (χ4v) is 2.70. The molecule has 1 aromatic rings. The SMILES string of the molecule is COC(=O)c1ccc(CNCC2(C3CC3)CC2)o1. The molecule has 2 aliphatic rings. The topological polar surface area (TPSA) is 51.5 Å². The molecule has 0 aromatic carbocycles. The Morgan fingerprint density at radius 3 is 2.89 bits per heavy atom. The summed E-state index contributed by atoms with van der Waals surface area (Å²) in [6, 6.07) is 3.49. The minimum Gasteiger partial charge on any atom is -0.463 e. The molecule has 1 heterocycles. The average molecular weight is 249 g/mol. The Morgan fingerprint density at radius 1 is 1.50 bits per heavy atom. The van der Waals surface area contributed by atoms with Crippen molar-refractivity contribution < 1.29 is 13.9 Å². The molecule has 2 saturated carbocycles. The first kappa shape index (κ1) is 11.8. The van der Waals surface area contributed by atoms with E-state index < -0.39 is 5.97 Å². The van der Waals surface area contributed by atoms with Gasteiger partial charge in [0.05, 0.1) is 13.7 Å². The van der Waals surface area contributed by atoms with Crippen molar-refractivity contribution in [1.82, 2.24) is 5.32 Å². The van der Waals surface area contributed by atoms with E-state index in [1.54, 1.807) is 6.07 Å². The normalized spacial score (nSPS) is 20.7. The maximum absolute atomic E-state index is 11.2. The van der Waals surface area contributed by atoms with Crippen LogP contribution in [0.4, 0.5) is 0 Å². The van der Waals surface area contributed by atoms with Gasteiger partial charge in [-0.3, -0.25) is 0 Å². The monoisotopic (exact) mass is 249 g/mol. The Bertz CT molecular complexity index is 444. The van der Waals surface area contributed by atoms with Gasteiger partial charge in [0.2, 0.25) is 5.76 Å². The zero-order valence-electron chi connectivity index (χ0n) is 10.7. The maximum Gasteiger partial charge on any atom is 0.373 e. The highest BCUT2D eigenvalue weighted by molar-refractivity contribution is 5.86. The summed E-state index contributed by atoms with van der Waals surface area (Å²) in [6.45, 7) is 1.76. The summed E-state index contributed by atoms with van der Waals surface area (Å²) < 4.78 is 10.0. The summed E-state index contributed by atoms with van der Waals surface area (Å²) in [5.41, 5.74) is 0.595. The van der Waals surface area contributed by atoms with Crippen LogP contribution in [-0.2, 0) is 11.3 Å². The van der Waals surface area contributed by atoms with Crippen LogP contribution in [0.25, 0.3) is 0 Å². The van der Waals surface area contributed by atoms with Gasteiger partial charge in [0.15, 0.2) is 0 Å². The first-order chi connectivity index (χ1) is 8.73. The highest BCUT2D eigenvalue weighted by atomic mass is 16.5. The lowest BCUT2D eigenvalue weighted by molar-refractivity contribution is 0.0563. The van der Waals surface area contributed by atoms with Crippen molar-refractivity contribution in [3.05, 3.63) is 23.7 Å². The van der Waals surface area contributed by atoms with E-state index in [9.17, 15) is 4.79 Å². The molecule has 0 bridgehead atoms. The van der Waals surface area contributed by atoms with Crippen molar-refractivity contribution >= 4 is 5.97 Å². The lowest BCUT2D eigenvalue weighted by atomic mass is 10.0. The van der Waals surface area contributed by atoms with Gasteiger partial charge in [0, 0.05) is 6.54 Å². The van der Waals surface area contributed by atoms with E-state index in [4.69, 9.17) is 4.42 Å². The van der Waals surface area contributed by atoms with Crippen LogP contribution in [-0.4, -0.2) is 19.6 Å². The summed E-state index contributed by atoms with van der Waals surface area (Å²) >= 11 is 0. The molecule has 0 amide bonds. The molecular weight excluding hydrogens is 230 g/mol. The zero-order chi connectivity index (χ0) is 12.6. The highest BCUT2D eigenvalue weighted by Crippen LogP contribution is 2.60. The zero-order valence-corrected chi connectivity index (χ0v) is 10.7. The van der Waals surface area contributed by atoms with E-state index in [1.165, 1.54) is 32.8 Å². The lowest BCUT2D eigenvalue weighted by Gasteiger charge is -2.14. The molecule has 98 valence electrons. The van der Waals surface area contributed by atoms with Crippen LogP contribution in [0.1, 0.15) is 42.0 Å². The van der Waals surface area contributed by atoms with Crippen LogP contribution in [0.3, 0.4) is 0 Å². The van der Waals surface area contributed by atoms with E-state index in [2.05, 4.69) is 10.1 Å². The maximum atomic E-state index is 11.2. The van der Waals surface area contributed by atoms with E-state index in [1.807, 2.05) is 6.07 Å². The first-order valence-corrected chi connectivity index (χ1v) is 6.61. The molecule has 0 atom stereocenters. The van der Waals surface area contributed by atoms with E-state index in [-0.39, 0.29) is 5.76 Å². The fourth-order valence-electron chi connectivity index (χ4n) is 2.70. The number of carbonyl (C=O) groups is 1. The number of furan rings is 1. The number of nitrogens with one attached hydrogen (secondary N) is 1. The van der Waals surface area contributed by atoms with E-state index >= 15 is 0 Å². The third-order valence-electron chi connectivity index (χ3n) is 4.16. The molecule has 3 rings (SSSR count). The smallest absolute Gasteiger partial charge is 0.373 e. The Labute approximate surface area is 107 Å². The van der Waals surface area contributed by atoms with Gasteiger partial charge in [-0.15, -0.1) is 0 Å². The number of hydrogen-bond acceptors (Lipinski definition) is 4.